The summed E-state index contributed by atoms with van der Waals surface area (Å²) in [5.41, 5.74) is 0. The Bertz CT molecular complexity index is 3.90. The molecule has 0 radical (unpaired) electrons. The van der Waals surface area contributed by atoms with Crippen molar-refractivity contribution in [3.8, 4) is 0 Å². The molecule has 0 aromatic carbocycles. The Hall–Kier alpha value is 0.319. The summed E-state index contributed by atoms with van der Waals surface area (Å²) in [6.07, 6.45) is 0. The molecule has 48 valence electrons. The first-order valence-electron chi connectivity index (χ1n) is 0. The van der Waals surface area contributed by atoms with E-state index < -0.39 is 0 Å². The molecule has 0 atom stereocenters. The Kier molecular flexibility index (Phi) is 284000. The Morgan fingerprint density at radius 1 is 0.333 bits per heavy atom. The quantitative estimate of drug-likeness (QED) is 0.319. The van der Waals surface area contributed by atoms with Crippen molar-refractivity contribution in [1.82, 2.24) is 0 Å². The second-order valence-electron chi connectivity index (χ2n) is 0. The summed E-state index contributed by atoms with van der Waals surface area (Å²) in [5.74, 6) is 0. The van der Waals surface area contributed by atoms with Gasteiger partial charge in [-0.25, -0.2) is 0 Å². The summed E-state index contributed by atoms with van der Waals surface area (Å²) in [7, 11) is 0. The van der Waals surface area contributed by atoms with Crippen LogP contribution in [-0.2, 0) is 0 Å². The van der Waals surface area contributed by atoms with E-state index in [4.69, 9.17) is 0 Å². The van der Waals surface area contributed by atoms with Crippen molar-refractivity contribution in [2.24, 2.45) is 0 Å². The van der Waals surface area contributed by atoms with Crippen molar-refractivity contribution < 1.29 is 27.4 Å². The Balaban J connectivity index is 0. The summed E-state index contributed by atoms with van der Waals surface area (Å²) >= 11 is 0. The van der Waals surface area contributed by atoms with E-state index in [9.17, 15) is 0 Å². The fraction of sp³-hybridized carbons (Fsp3) is 0. The molecule has 0 spiro atoms. The minimum absolute atomic E-state index is 0. The molecule has 0 unspecified atom stereocenters. The topological polar surface area (TPSA) is 158 Å². The summed E-state index contributed by atoms with van der Waals surface area (Å²) in [5, 5.41) is 0. The second-order valence-corrected chi connectivity index (χ2v) is 0. The predicted molar refractivity (Wildman–Crippen MR) is 26.6 cm³/mol. The number of hydrogen-bond donors (Lipinski definition) is 0. The van der Waals surface area contributed by atoms with Crippen molar-refractivity contribution in [2.75, 3.05) is 0 Å². The van der Waals surface area contributed by atoms with Gasteiger partial charge in [0.1, 0.15) is 0 Å². The molecule has 0 aliphatic rings. The average molecular weight is 171 g/mol. The third kappa shape index (κ3) is 466. The van der Waals surface area contributed by atoms with Crippen LogP contribution in [0.15, 0.2) is 0 Å². The van der Waals surface area contributed by atoms with Crippen LogP contribution < -0.4 is 0 Å². The standard InChI is InChI=1S/5H2O.H2Se/h6*1H2. The number of hydrogen-bond acceptors (Lipinski definition) is 0. The van der Waals surface area contributed by atoms with Gasteiger partial charge in [0.25, 0.3) is 0 Å². The molecule has 0 bridgehead atoms. The molecule has 0 fully saturated rings. The van der Waals surface area contributed by atoms with Crippen LogP contribution in [0.25, 0.3) is 0 Å². The molecule has 6 heavy (non-hydrogen) atoms. The van der Waals surface area contributed by atoms with Gasteiger partial charge in [-0.2, -0.15) is 0 Å². The minimum atomic E-state index is 0. The fourth-order valence-electron chi connectivity index (χ4n) is 0. The van der Waals surface area contributed by atoms with Gasteiger partial charge in [-0.1, -0.05) is 0 Å². The van der Waals surface area contributed by atoms with Crippen LogP contribution >= 0.6 is 0 Å². The Labute approximate surface area is 45.4 Å². The van der Waals surface area contributed by atoms with Crippen LogP contribution in [0, 0.1) is 0 Å². The van der Waals surface area contributed by atoms with Crippen molar-refractivity contribution in [3.63, 3.8) is 0 Å². The summed E-state index contributed by atoms with van der Waals surface area (Å²) in [6, 6.07) is 0. The first-order chi connectivity index (χ1) is 0. The van der Waals surface area contributed by atoms with Crippen LogP contribution in [0.1, 0.15) is 0 Å². The van der Waals surface area contributed by atoms with Gasteiger partial charge in [0.05, 0.1) is 0 Å². The van der Waals surface area contributed by atoms with Crippen molar-refractivity contribution in [2.45, 2.75) is 0 Å². The fourth-order valence-corrected chi connectivity index (χ4v) is 0. The zero-order chi connectivity index (χ0) is 0. The van der Waals surface area contributed by atoms with Gasteiger partial charge < -0.3 is 27.4 Å². The zero-order valence-corrected chi connectivity index (χ0v) is 5.10. The van der Waals surface area contributed by atoms with Crippen LogP contribution in [0.3, 0.4) is 0 Å². The molecular formula is H12O5Se. The SMILES string of the molecule is O.O.O.O.O.[SeH2]. The van der Waals surface area contributed by atoms with Gasteiger partial charge >= 0.3 is 17.1 Å². The van der Waals surface area contributed by atoms with Crippen LogP contribution in [0.4, 0.5) is 0 Å². The van der Waals surface area contributed by atoms with Crippen LogP contribution in [0.5, 0.6) is 0 Å². The van der Waals surface area contributed by atoms with E-state index >= 15 is 0 Å². The van der Waals surface area contributed by atoms with Gasteiger partial charge in [0.15, 0.2) is 0 Å². The van der Waals surface area contributed by atoms with E-state index in [1.807, 2.05) is 0 Å². The van der Waals surface area contributed by atoms with E-state index in [1.54, 1.807) is 0 Å². The molecule has 10 N–H and O–H groups in total. The van der Waals surface area contributed by atoms with Gasteiger partial charge in [0.2, 0.25) is 0 Å². The van der Waals surface area contributed by atoms with Crippen molar-refractivity contribution in [1.29, 1.82) is 0 Å². The van der Waals surface area contributed by atoms with E-state index in [2.05, 4.69) is 0 Å². The molecule has 0 aromatic heterocycles. The normalized spacial score (nSPS) is 0. The summed E-state index contributed by atoms with van der Waals surface area (Å²) in [6.45, 7) is 0. The maximum absolute atomic E-state index is 0. The Morgan fingerprint density at radius 3 is 0.333 bits per heavy atom. The molecule has 6 heteroatoms. The van der Waals surface area contributed by atoms with E-state index in [0.29, 0.717) is 0 Å². The van der Waals surface area contributed by atoms with E-state index in [0.717, 1.165) is 0 Å². The second kappa shape index (κ2) is 972. The first-order valence-corrected chi connectivity index (χ1v) is 0. The molecule has 0 rings (SSSR count). The zero-order valence-electron chi connectivity index (χ0n) is 3.00. The molecule has 0 aromatic rings. The molecule has 0 saturated carbocycles. The third-order valence-electron chi connectivity index (χ3n) is 0. The number of rotatable bonds is 0. The molecule has 0 aliphatic carbocycles. The van der Waals surface area contributed by atoms with Crippen molar-refractivity contribution in [3.05, 3.63) is 0 Å². The summed E-state index contributed by atoms with van der Waals surface area (Å²) in [4.78, 5) is 0. The maximum atomic E-state index is 0. The molecule has 0 heterocycles. The van der Waals surface area contributed by atoms with Gasteiger partial charge in [-0.3, -0.25) is 0 Å². The molecule has 0 aliphatic heterocycles. The average Bonchev–Trinajstić information content (AvgIpc) is 0. The van der Waals surface area contributed by atoms with Gasteiger partial charge in [0, 0.05) is 0 Å². The van der Waals surface area contributed by atoms with E-state index in [-0.39, 0.29) is 44.4 Å². The Morgan fingerprint density at radius 2 is 0.333 bits per heavy atom. The third-order valence-corrected chi connectivity index (χ3v) is 0. The molecule has 0 saturated heterocycles. The molecular weight excluding hydrogens is 159 g/mol. The predicted octanol–water partition coefficient (Wildman–Crippen LogP) is -5.04. The van der Waals surface area contributed by atoms with Gasteiger partial charge in [-0.05, 0) is 0 Å². The summed E-state index contributed by atoms with van der Waals surface area (Å²) < 4.78 is 0. The monoisotopic (exact) mass is 172 g/mol. The van der Waals surface area contributed by atoms with Crippen LogP contribution in [0.2, 0.25) is 0 Å². The first kappa shape index (κ1) is 1750. The molecule has 0 amide bonds. The van der Waals surface area contributed by atoms with Gasteiger partial charge in [-0.15, -0.1) is 0 Å². The molecule has 5 nitrogen and oxygen atoms in total. The van der Waals surface area contributed by atoms with Crippen LogP contribution in [-0.4, -0.2) is 44.4 Å². The van der Waals surface area contributed by atoms with E-state index in [1.165, 1.54) is 0 Å². The van der Waals surface area contributed by atoms with Crippen molar-refractivity contribution >= 4 is 17.1 Å².